The lowest BCUT2D eigenvalue weighted by Gasteiger charge is -2.05. The quantitative estimate of drug-likeness (QED) is 0.858. The number of hydrogen-bond acceptors (Lipinski definition) is 4. The first-order valence-electron chi connectivity index (χ1n) is 6.14. The van der Waals surface area contributed by atoms with Crippen LogP contribution in [0.1, 0.15) is 30.3 Å². The van der Waals surface area contributed by atoms with Crippen molar-refractivity contribution in [3.63, 3.8) is 0 Å². The molecule has 20 heavy (non-hydrogen) atoms. The lowest BCUT2D eigenvalue weighted by atomic mass is 10.2. The van der Waals surface area contributed by atoms with Crippen LogP contribution in [-0.4, -0.2) is 18.7 Å². The lowest BCUT2D eigenvalue weighted by molar-refractivity contribution is -0.137. The van der Waals surface area contributed by atoms with Crippen molar-refractivity contribution in [2.24, 2.45) is 5.73 Å². The number of oxazole rings is 1. The Hall–Kier alpha value is -1.60. The van der Waals surface area contributed by atoms with Crippen LogP contribution >= 0.6 is 0 Å². The molecular formula is C13H15F3N2O2. The molecule has 4 nitrogen and oxygen atoms in total. The number of methoxy groups -OCH3 is 1. The van der Waals surface area contributed by atoms with Gasteiger partial charge in [0.2, 0.25) is 5.89 Å². The first-order chi connectivity index (χ1) is 9.41. The number of nitrogens with zero attached hydrogens (tertiary/aromatic N) is 1. The van der Waals surface area contributed by atoms with E-state index in [2.05, 4.69) is 4.98 Å². The van der Waals surface area contributed by atoms with E-state index in [0.29, 0.717) is 18.6 Å². The van der Waals surface area contributed by atoms with E-state index in [-0.39, 0.29) is 11.4 Å². The van der Waals surface area contributed by atoms with Gasteiger partial charge in [-0.05, 0) is 31.0 Å². The number of rotatable bonds is 5. The second-order valence-electron chi connectivity index (χ2n) is 4.47. The van der Waals surface area contributed by atoms with Gasteiger partial charge >= 0.3 is 6.18 Å². The molecule has 0 bridgehead atoms. The topological polar surface area (TPSA) is 61.3 Å². The predicted octanol–water partition coefficient (Wildman–Crippen LogP) is 3.27. The molecule has 1 heterocycles. The third-order valence-electron chi connectivity index (χ3n) is 2.91. The molecule has 7 heteroatoms. The van der Waals surface area contributed by atoms with Gasteiger partial charge in [0.1, 0.15) is 5.52 Å². The van der Waals surface area contributed by atoms with Crippen molar-refractivity contribution >= 4 is 11.1 Å². The van der Waals surface area contributed by atoms with Gasteiger partial charge < -0.3 is 14.9 Å². The number of fused-ring (bicyclic) bond motifs is 1. The molecule has 0 radical (unpaired) electrons. The van der Waals surface area contributed by atoms with Crippen molar-refractivity contribution < 1.29 is 22.3 Å². The van der Waals surface area contributed by atoms with E-state index in [1.54, 1.807) is 7.11 Å². The fourth-order valence-corrected chi connectivity index (χ4v) is 1.85. The zero-order valence-electron chi connectivity index (χ0n) is 10.9. The molecule has 1 aromatic heterocycles. The Kier molecular flexibility index (Phi) is 4.29. The minimum Gasteiger partial charge on any atom is -0.439 e. The highest BCUT2D eigenvalue weighted by Crippen LogP contribution is 2.32. The molecule has 0 saturated heterocycles. The van der Waals surface area contributed by atoms with Gasteiger partial charge in [-0.25, -0.2) is 4.98 Å². The Morgan fingerprint density at radius 2 is 2.15 bits per heavy atom. The fourth-order valence-electron chi connectivity index (χ4n) is 1.85. The summed E-state index contributed by atoms with van der Waals surface area (Å²) in [5.74, 6) is 0.246. The summed E-state index contributed by atoms with van der Waals surface area (Å²) in [7, 11) is 1.59. The molecule has 0 fully saturated rings. The van der Waals surface area contributed by atoms with E-state index >= 15 is 0 Å². The normalized spacial score (nSPS) is 13.8. The molecule has 110 valence electrons. The van der Waals surface area contributed by atoms with E-state index < -0.39 is 17.8 Å². The Labute approximate surface area is 113 Å². The molecule has 0 saturated carbocycles. The van der Waals surface area contributed by atoms with Gasteiger partial charge in [-0.15, -0.1) is 0 Å². The summed E-state index contributed by atoms with van der Waals surface area (Å²) >= 11 is 0. The zero-order valence-corrected chi connectivity index (χ0v) is 10.9. The molecule has 2 N–H and O–H groups in total. The molecule has 1 unspecified atom stereocenters. The van der Waals surface area contributed by atoms with Crippen LogP contribution in [0.3, 0.4) is 0 Å². The minimum atomic E-state index is -4.39. The number of nitrogens with two attached hydrogens (primary N) is 1. The van der Waals surface area contributed by atoms with Crippen LogP contribution in [0, 0.1) is 0 Å². The van der Waals surface area contributed by atoms with Crippen LogP contribution in [0.4, 0.5) is 13.2 Å². The standard InChI is InChI=1S/C13H15F3N2O2/c1-19-6-2-3-9(17)12-18-10-7-8(13(14,15)16)4-5-11(10)20-12/h4-5,7,9H,2-3,6,17H2,1H3. The first-order valence-corrected chi connectivity index (χ1v) is 6.14. The number of alkyl halides is 3. The van der Waals surface area contributed by atoms with E-state index in [1.807, 2.05) is 0 Å². The molecule has 0 aliphatic rings. The monoisotopic (exact) mass is 288 g/mol. The number of benzene rings is 1. The molecule has 2 aromatic rings. The van der Waals surface area contributed by atoms with Crippen molar-refractivity contribution in [1.82, 2.24) is 4.98 Å². The van der Waals surface area contributed by atoms with Crippen LogP contribution in [0.25, 0.3) is 11.1 Å². The number of ether oxygens (including phenoxy) is 1. The van der Waals surface area contributed by atoms with Gasteiger partial charge in [-0.2, -0.15) is 13.2 Å². The third kappa shape index (κ3) is 3.29. The highest BCUT2D eigenvalue weighted by molar-refractivity contribution is 5.73. The molecule has 0 aliphatic carbocycles. The van der Waals surface area contributed by atoms with E-state index in [1.165, 1.54) is 6.07 Å². The maximum absolute atomic E-state index is 12.6. The summed E-state index contributed by atoms with van der Waals surface area (Å²) in [5.41, 5.74) is 5.60. The summed E-state index contributed by atoms with van der Waals surface area (Å²) in [4.78, 5) is 4.03. The van der Waals surface area contributed by atoms with Gasteiger partial charge in [0.15, 0.2) is 5.58 Å². The third-order valence-corrected chi connectivity index (χ3v) is 2.91. The number of halogens is 3. The summed E-state index contributed by atoms with van der Waals surface area (Å²) in [6.07, 6.45) is -3.08. The fraction of sp³-hybridized carbons (Fsp3) is 0.462. The number of hydrogen-bond donors (Lipinski definition) is 1. The first kappa shape index (κ1) is 14.8. The van der Waals surface area contributed by atoms with Crippen molar-refractivity contribution in [2.45, 2.75) is 25.1 Å². The van der Waals surface area contributed by atoms with Crippen molar-refractivity contribution in [3.8, 4) is 0 Å². The van der Waals surface area contributed by atoms with Crippen LogP contribution in [0.5, 0.6) is 0 Å². The Balaban J connectivity index is 2.20. The second-order valence-corrected chi connectivity index (χ2v) is 4.47. The summed E-state index contributed by atoms with van der Waals surface area (Å²) in [6, 6.07) is 2.74. The summed E-state index contributed by atoms with van der Waals surface area (Å²) < 4.78 is 48.1. The highest BCUT2D eigenvalue weighted by atomic mass is 19.4. The average Bonchev–Trinajstić information content (AvgIpc) is 2.80. The lowest BCUT2D eigenvalue weighted by Crippen LogP contribution is -2.11. The predicted molar refractivity (Wildman–Crippen MR) is 67.0 cm³/mol. The highest BCUT2D eigenvalue weighted by Gasteiger charge is 2.31. The van der Waals surface area contributed by atoms with Crippen molar-refractivity contribution in [3.05, 3.63) is 29.7 Å². The summed E-state index contributed by atoms with van der Waals surface area (Å²) in [6.45, 7) is 0.562. The van der Waals surface area contributed by atoms with Crippen molar-refractivity contribution in [2.75, 3.05) is 13.7 Å². The van der Waals surface area contributed by atoms with Gasteiger partial charge in [-0.1, -0.05) is 0 Å². The Bertz CT molecular complexity index is 580. The van der Waals surface area contributed by atoms with Crippen LogP contribution < -0.4 is 5.73 Å². The van der Waals surface area contributed by atoms with Crippen LogP contribution in [-0.2, 0) is 10.9 Å². The molecule has 0 aliphatic heterocycles. The second kappa shape index (κ2) is 5.80. The average molecular weight is 288 g/mol. The van der Waals surface area contributed by atoms with E-state index in [0.717, 1.165) is 18.6 Å². The van der Waals surface area contributed by atoms with Gasteiger partial charge in [0.25, 0.3) is 0 Å². The van der Waals surface area contributed by atoms with E-state index in [9.17, 15) is 13.2 Å². The molecule has 0 amide bonds. The van der Waals surface area contributed by atoms with Crippen LogP contribution in [0.2, 0.25) is 0 Å². The Morgan fingerprint density at radius 3 is 2.80 bits per heavy atom. The van der Waals surface area contributed by atoms with Crippen molar-refractivity contribution in [1.29, 1.82) is 0 Å². The SMILES string of the molecule is COCCCC(N)c1nc2cc(C(F)(F)F)ccc2o1. The number of aromatic nitrogens is 1. The van der Waals surface area contributed by atoms with Crippen LogP contribution in [0.15, 0.2) is 22.6 Å². The van der Waals surface area contributed by atoms with E-state index in [4.69, 9.17) is 14.9 Å². The summed E-state index contributed by atoms with van der Waals surface area (Å²) in [5, 5.41) is 0. The molecule has 2 rings (SSSR count). The van der Waals surface area contributed by atoms with Gasteiger partial charge in [-0.3, -0.25) is 0 Å². The maximum atomic E-state index is 12.6. The van der Waals surface area contributed by atoms with Gasteiger partial charge in [0, 0.05) is 13.7 Å². The molecule has 1 aromatic carbocycles. The maximum Gasteiger partial charge on any atom is 0.416 e. The van der Waals surface area contributed by atoms with Gasteiger partial charge in [0.05, 0.1) is 11.6 Å². The largest absolute Gasteiger partial charge is 0.439 e. The Morgan fingerprint density at radius 1 is 1.40 bits per heavy atom. The smallest absolute Gasteiger partial charge is 0.416 e. The molecular weight excluding hydrogens is 273 g/mol. The molecule has 0 spiro atoms. The minimum absolute atomic E-state index is 0.164. The zero-order chi connectivity index (χ0) is 14.8. The molecule has 1 atom stereocenters.